The van der Waals surface area contributed by atoms with E-state index in [2.05, 4.69) is 5.32 Å². The molecule has 27 heavy (non-hydrogen) atoms. The summed E-state index contributed by atoms with van der Waals surface area (Å²) in [5.74, 6) is -2.29. The summed E-state index contributed by atoms with van der Waals surface area (Å²) in [6, 6.07) is 5.64. The van der Waals surface area contributed by atoms with Gasteiger partial charge in [-0.25, -0.2) is 9.59 Å². The number of nitrogens with zero attached hydrogens (tertiary/aromatic N) is 1. The van der Waals surface area contributed by atoms with Crippen molar-refractivity contribution in [2.75, 3.05) is 0 Å². The van der Waals surface area contributed by atoms with E-state index in [9.17, 15) is 19.2 Å². The fourth-order valence-corrected chi connectivity index (χ4v) is 2.48. The Kier molecular flexibility index (Phi) is 5.88. The van der Waals surface area contributed by atoms with Gasteiger partial charge in [0.05, 0.1) is 17.5 Å². The third kappa shape index (κ3) is 5.06. The zero-order valence-electron chi connectivity index (χ0n) is 16.1. The lowest BCUT2D eigenvalue weighted by molar-refractivity contribution is -0.169. The van der Waals surface area contributed by atoms with Gasteiger partial charge in [-0.2, -0.15) is 0 Å². The highest BCUT2D eigenvalue weighted by atomic mass is 16.7. The van der Waals surface area contributed by atoms with Crippen molar-refractivity contribution < 1.29 is 28.8 Å². The van der Waals surface area contributed by atoms with Gasteiger partial charge in [0, 0.05) is 6.04 Å². The summed E-state index contributed by atoms with van der Waals surface area (Å²) in [6.45, 7) is 8.82. The highest BCUT2D eigenvalue weighted by molar-refractivity contribution is 6.20. The molecular weight excluding hydrogens is 352 g/mol. The van der Waals surface area contributed by atoms with Gasteiger partial charge >= 0.3 is 12.1 Å². The molecule has 0 saturated heterocycles. The third-order valence-electron chi connectivity index (χ3n) is 3.84. The van der Waals surface area contributed by atoms with E-state index >= 15 is 0 Å². The second-order valence-electron chi connectivity index (χ2n) is 7.61. The fourth-order valence-electron chi connectivity index (χ4n) is 2.48. The van der Waals surface area contributed by atoms with Crippen LogP contribution < -0.4 is 5.32 Å². The Morgan fingerprint density at radius 3 is 2.04 bits per heavy atom. The van der Waals surface area contributed by atoms with Gasteiger partial charge in [-0.3, -0.25) is 9.59 Å². The predicted octanol–water partition coefficient (Wildman–Crippen LogP) is 2.68. The van der Waals surface area contributed by atoms with Crippen molar-refractivity contribution in [3.8, 4) is 0 Å². The van der Waals surface area contributed by atoms with E-state index in [1.807, 2.05) is 13.8 Å². The summed E-state index contributed by atoms with van der Waals surface area (Å²) in [5.41, 5.74) is -0.308. The number of ether oxygens (including phenoxy) is 1. The molecule has 0 spiro atoms. The molecule has 0 unspecified atom stereocenters. The van der Waals surface area contributed by atoms with E-state index in [0.29, 0.717) is 5.06 Å². The van der Waals surface area contributed by atoms with Crippen molar-refractivity contribution in [1.82, 2.24) is 10.4 Å². The number of nitrogens with one attached hydrogen (secondary N) is 1. The predicted molar refractivity (Wildman–Crippen MR) is 95.6 cm³/mol. The number of amides is 3. The molecule has 3 amide bonds. The van der Waals surface area contributed by atoms with Gasteiger partial charge < -0.3 is 14.9 Å². The van der Waals surface area contributed by atoms with Crippen molar-refractivity contribution >= 4 is 23.9 Å². The Morgan fingerprint density at radius 1 is 1.07 bits per heavy atom. The molecule has 0 saturated carbocycles. The van der Waals surface area contributed by atoms with Crippen LogP contribution in [-0.2, 0) is 14.4 Å². The van der Waals surface area contributed by atoms with Crippen molar-refractivity contribution in [3.63, 3.8) is 0 Å². The number of benzene rings is 1. The van der Waals surface area contributed by atoms with E-state index in [-0.39, 0.29) is 23.5 Å². The Hall–Kier alpha value is -2.90. The van der Waals surface area contributed by atoms with Crippen LogP contribution in [-0.4, -0.2) is 40.6 Å². The molecule has 1 aliphatic heterocycles. The maximum atomic E-state index is 12.3. The number of alkyl carbamates (subject to hydrolysis) is 1. The Bertz CT molecular complexity index is 731. The molecule has 1 N–H and O–H groups in total. The van der Waals surface area contributed by atoms with E-state index in [0.717, 1.165) is 0 Å². The number of imide groups is 1. The average Bonchev–Trinajstić information content (AvgIpc) is 2.78. The largest absolute Gasteiger partial charge is 0.444 e. The number of carbonyl (C=O) groups is 4. The number of hydrogen-bond acceptors (Lipinski definition) is 6. The summed E-state index contributed by atoms with van der Waals surface area (Å²) in [4.78, 5) is 53.7. The molecule has 1 atom stereocenters. The first kappa shape index (κ1) is 20.4. The Morgan fingerprint density at radius 2 is 1.59 bits per heavy atom. The second-order valence-corrected chi connectivity index (χ2v) is 7.61. The average molecular weight is 376 g/mol. The number of hydroxylamine groups is 2. The topological polar surface area (TPSA) is 102 Å². The normalized spacial score (nSPS) is 14.8. The van der Waals surface area contributed by atoms with Crippen molar-refractivity contribution in [3.05, 3.63) is 35.4 Å². The smallest absolute Gasteiger partial charge is 0.407 e. The number of carbonyl (C=O) groups excluding carboxylic acids is 4. The molecule has 1 aliphatic rings. The quantitative estimate of drug-likeness (QED) is 0.793. The molecule has 146 valence electrons. The summed E-state index contributed by atoms with van der Waals surface area (Å²) >= 11 is 0. The lowest BCUT2D eigenvalue weighted by atomic mass is 10.0. The lowest BCUT2D eigenvalue weighted by Crippen LogP contribution is -2.44. The first-order valence-corrected chi connectivity index (χ1v) is 8.67. The summed E-state index contributed by atoms with van der Waals surface area (Å²) < 4.78 is 5.19. The van der Waals surface area contributed by atoms with Gasteiger partial charge in [-0.15, -0.1) is 0 Å². The van der Waals surface area contributed by atoms with Crippen LogP contribution in [0.1, 0.15) is 61.8 Å². The minimum Gasteiger partial charge on any atom is -0.444 e. The molecule has 1 aromatic carbocycles. The van der Waals surface area contributed by atoms with Crippen LogP contribution in [0.15, 0.2) is 24.3 Å². The van der Waals surface area contributed by atoms with Crippen LogP contribution in [0, 0.1) is 5.92 Å². The van der Waals surface area contributed by atoms with Crippen molar-refractivity contribution in [1.29, 1.82) is 0 Å². The monoisotopic (exact) mass is 376 g/mol. The molecule has 0 fully saturated rings. The SMILES string of the molecule is CC(C)[C@@H](CC(=O)ON1C(=O)c2ccccc2C1=O)NC(=O)OC(C)(C)C. The van der Waals surface area contributed by atoms with E-state index < -0.39 is 35.5 Å². The summed E-state index contributed by atoms with van der Waals surface area (Å²) in [7, 11) is 0. The number of fused-ring (bicyclic) bond motifs is 1. The maximum absolute atomic E-state index is 12.3. The van der Waals surface area contributed by atoms with E-state index in [1.54, 1.807) is 32.9 Å². The van der Waals surface area contributed by atoms with Crippen LogP contribution in [0.3, 0.4) is 0 Å². The molecule has 0 bridgehead atoms. The molecule has 8 heteroatoms. The standard InChI is InChI=1S/C19H24N2O6/c1-11(2)14(20-18(25)26-19(3,4)5)10-15(22)27-21-16(23)12-8-6-7-9-13(12)17(21)24/h6-9,11,14H,10H2,1-5H3,(H,20,25)/t14-/m1/s1. The highest BCUT2D eigenvalue weighted by Crippen LogP contribution is 2.23. The highest BCUT2D eigenvalue weighted by Gasteiger charge is 2.39. The van der Waals surface area contributed by atoms with Gasteiger partial charge in [0.15, 0.2) is 0 Å². The van der Waals surface area contributed by atoms with E-state index in [4.69, 9.17) is 9.57 Å². The van der Waals surface area contributed by atoms with Crippen LogP contribution in [0.25, 0.3) is 0 Å². The zero-order valence-corrected chi connectivity index (χ0v) is 16.1. The first-order chi connectivity index (χ1) is 12.5. The lowest BCUT2D eigenvalue weighted by Gasteiger charge is -2.25. The zero-order chi connectivity index (χ0) is 20.4. The Balaban J connectivity index is 2.00. The minimum atomic E-state index is -0.806. The molecule has 0 aliphatic carbocycles. The molecule has 0 aromatic heterocycles. The van der Waals surface area contributed by atoms with Gasteiger partial charge in [0.25, 0.3) is 11.8 Å². The van der Waals surface area contributed by atoms with Crippen LogP contribution in [0.4, 0.5) is 4.79 Å². The van der Waals surface area contributed by atoms with Crippen LogP contribution >= 0.6 is 0 Å². The minimum absolute atomic E-state index is 0.104. The number of rotatable bonds is 5. The second kappa shape index (κ2) is 7.77. The van der Waals surface area contributed by atoms with Crippen molar-refractivity contribution in [2.45, 2.75) is 52.7 Å². The maximum Gasteiger partial charge on any atom is 0.407 e. The van der Waals surface area contributed by atoms with Gasteiger partial charge in [0.2, 0.25) is 0 Å². The first-order valence-electron chi connectivity index (χ1n) is 8.67. The molecule has 2 rings (SSSR count). The number of hydrogen-bond donors (Lipinski definition) is 1. The summed E-state index contributed by atoms with van der Waals surface area (Å²) in [6.07, 6.45) is -0.876. The van der Waals surface area contributed by atoms with Gasteiger partial charge in [-0.1, -0.05) is 31.0 Å². The van der Waals surface area contributed by atoms with Gasteiger partial charge in [-0.05, 0) is 38.8 Å². The Labute approximate surface area is 157 Å². The van der Waals surface area contributed by atoms with Crippen LogP contribution in [0.5, 0.6) is 0 Å². The molecular formula is C19H24N2O6. The van der Waals surface area contributed by atoms with E-state index in [1.165, 1.54) is 12.1 Å². The van der Waals surface area contributed by atoms with Crippen LogP contribution in [0.2, 0.25) is 0 Å². The van der Waals surface area contributed by atoms with Crippen molar-refractivity contribution in [2.24, 2.45) is 5.92 Å². The summed E-state index contributed by atoms with van der Waals surface area (Å²) in [5, 5.41) is 3.07. The molecule has 1 aromatic rings. The molecule has 1 heterocycles. The molecule has 8 nitrogen and oxygen atoms in total. The fraction of sp³-hybridized carbons (Fsp3) is 0.474. The molecule has 0 radical (unpaired) electrons. The van der Waals surface area contributed by atoms with Gasteiger partial charge in [0.1, 0.15) is 5.60 Å². The third-order valence-corrected chi connectivity index (χ3v) is 3.84.